The van der Waals surface area contributed by atoms with Crippen molar-refractivity contribution in [3.8, 4) is 0 Å². The van der Waals surface area contributed by atoms with Crippen molar-refractivity contribution in [1.82, 2.24) is 9.78 Å². The Morgan fingerprint density at radius 3 is 2.81 bits per heavy atom. The van der Waals surface area contributed by atoms with Crippen LogP contribution in [0.5, 0.6) is 0 Å². The third-order valence-corrected chi connectivity index (χ3v) is 5.23. The molecule has 1 aliphatic rings. The van der Waals surface area contributed by atoms with Gasteiger partial charge in [0.15, 0.2) is 0 Å². The summed E-state index contributed by atoms with van der Waals surface area (Å²) in [5, 5.41) is 6.07. The Balaban J connectivity index is 1.78. The largest absolute Gasteiger partial charge is 0.327 e. The molecule has 2 N–H and O–H groups in total. The highest BCUT2D eigenvalue weighted by Gasteiger charge is 2.28. The van der Waals surface area contributed by atoms with Crippen LogP contribution in [0, 0.1) is 11.8 Å². The zero-order chi connectivity index (χ0) is 14.8. The van der Waals surface area contributed by atoms with E-state index in [1.165, 1.54) is 42.3 Å². The van der Waals surface area contributed by atoms with Crippen molar-refractivity contribution in [2.24, 2.45) is 17.6 Å². The number of aromatic nitrogens is 2. The molecular weight excluding hydrogens is 258 g/mol. The van der Waals surface area contributed by atoms with Crippen LogP contribution in [0.4, 0.5) is 0 Å². The standard InChI is InChI=1S/C18H27N3/c1-3-13-9-10-14(11-13)16(19)12-17-15-7-5-6-8-18(15)21(4-2)20-17/h5-8,13-14,16H,3-4,9-12,19H2,1-2H3. The van der Waals surface area contributed by atoms with Gasteiger partial charge in [0.1, 0.15) is 0 Å². The molecule has 3 rings (SSSR count). The average Bonchev–Trinajstić information content (AvgIpc) is 3.12. The van der Waals surface area contributed by atoms with E-state index in [0.717, 1.165) is 18.9 Å². The maximum atomic E-state index is 6.52. The minimum Gasteiger partial charge on any atom is -0.327 e. The second-order valence-electron chi connectivity index (χ2n) is 6.49. The third kappa shape index (κ3) is 2.84. The van der Waals surface area contributed by atoms with Gasteiger partial charge in [-0.25, -0.2) is 0 Å². The molecule has 3 nitrogen and oxygen atoms in total. The van der Waals surface area contributed by atoms with Gasteiger partial charge >= 0.3 is 0 Å². The summed E-state index contributed by atoms with van der Waals surface area (Å²) in [6, 6.07) is 8.78. The summed E-state index contributed by atoms with van der Waals surface area (Å²) in [6.45, 7) is 5.36. The number of hydrogen-bond donors (Lipinski definition) is 1. The quantitative estimate of drug-likeness (QED) is 0.909. The topological polar surface area (TPSA) is 43.8 Å². The Morgan fingerprint density at radius 1 is 1.29 bits per heavy atom. The third-order valence-electron chi connectivity index (χ3n) is 5.23. The Labute approximate surface area is 127 Å². The van der Waals surface area contributed by atoms with E-state index >= 15 is 0 Å². The Bertz CT molecular complexity index is 602. The lowest BCUT2D eigenvalue weighted by Crippen LogP contribution is -2.31. The van der Waals surface area contributed by atoms with Gasteiger partial charge < -0.3 is 5.73 Å². The SMILES string of the molecule is CCC1CCC(C(N)Cc2nn(CC)c3ccccc23)C1. The number of nitrogens with zero attached hydrogens (tertiary/aromatic N) is 2. The van der Waals surface area contributed by atoms with Gasteiger partial charge in [-0.15, -0.1) is 0 Å². The highest BCUT2D eigenvalue weighted by molar-refractivity contribution is 5.82. The number of nitrogens with two attached hydrogens (primary N) is 1. The van der Waals surface area contributed by atoms with Gasteiger partial charge in [0.2, 0.25) is 0 Å². The van der Waals surface area contributed by atoms with Crippen LogP contribution in [-0.2, 0) is 13.0 Å². The fourth-order valence-corrected chi connectivity index (χ4v) is 3.85. The van der Waals surface area contributed by atoms with Crippen molar-refractivity contribution in [1.29, 1.82) is 0 Å². The summed E-state index contributed by atoms with van der Waals surface area (Å²) >= 11 is 0. The van der Waals surface area contributed by atoms with Crippen LogP contribution < -0.4 is 5.73 Å². The summed E-state index contributed by atoms with van der Waals surface area (Å²) in [5.41, 5.74) is 8.94. The molecule has 0 radical (unpaired) electrons. The first-order chi connectivity index (χ1) is 10.2. The molecule has 1 aromatic heterocycles. The van der Waals surface area contributed by atoms with E-state index < -0.39 is 0 Å². The summed E-state index contributed by atoms with van der Waals surface area (Å²) in [6.07, 6.45) is 6.18. The number of fused-ring (bicyclic) bond motifs is 1. The van der Waals surface area contributed by atoms with Crippen molar-refractivity contribution in [3.05, 3.63) is 30.0 Å². The normalized spacial score (nSPS) is 23.8. The van der Waals surface area contributed by atoms with Crippen LogP contribution in [0.15, 0.2) is 24.3 Å². The highest BCUT2D eigenvalue weighted by Crippen LogP contribution is 2.35. The van der Waals surface area contributed by atoms with E-state index in [4.69, 9.17) is 10.8 Å². The molecule has 1 fully saturated rings. The number of hydrogen-bond acceptors (Lipinski definition) is 2. The summed E-state index contributed by atoms with van der Waals surface area (Å²) in [7, 11) is 0. The van der Waals surface area contributed by atoms with Crippen LogP contribution in [0.3, 0.4) is 0 Å². The summed E-state index contributed by atoms with van der Waals surface area (Å²) < 4.78 is 2.10. The lowest BCUT2D eigenvalue weighted by Gasteiger charge is -2.18. The van der Waals surface area contributed by atoms with Crippen molar-refractivity contribution in [2.75, 3.05) is 0 Å². The molecular formula is C18H27N3. The first kappa shape index (κ1) is 14.6. The van der Waals surface area contributed by atoms with Gasteiger partial charge in [-0.1, -0.05) is 38.0 Å². The molecule has 0 amide bonds. The maximum absolute atomic E-state index is 6.52. The van der Waals surface area contributed by atoms with Crippen LogP contribution >= 0.6 is 0 Å². The van der Waals surface area contributed by atoms with Gasteiger partial charge in [-0.3, -0.25) is 4.68 Å². The Kier molecular flexibility index (Phi) is 4.29. The molecule has 0 spiro atoms. The molecule has 3 heteroatoms. The smallest absolute Gasteiger partial charge is 0.0718 e. The molecule has 0 bridgehead atoms. The Morgan fingerprint density at radius 2 is 2.10 bits per heavy atom. The molecule has 2 aromatic rings. The lowest BCUT2D eigenvalue weighted by atomic mass is 9.92. The summed E-state index contributed by atoms with van der Waals surface area (Å²) in [4.78, 5) is 0. The van der Waals surface area contributed by atoms with E-state index in [1.54, 1.807) is 0 Å². The highest BCUT2D eigenvalue weighted by atomic mass is 15.3. The monoisotopic (exact) mass is 285 g/mol. The van der Waals surface area contributed by atoms with Gasteiger partial charge in [-0.2, -0.15) is 5.10 Å². The molecule has 114 valence electrons. The van der Waals surface area contributed by atoms with Crippen LogP contribution in [0.2, 0.25) is 0 Å². The molecule has 1 heterocycles. The fraction of sp³-hybridized carbons (Fsp3) is 0.611. The molecule has 1 saturated carbocycles. The molecule has 3 unspecified atom stereocenters. The minimum absolute atomic E-state index is 0.255. The molecule has 1 aliphatic carbocycles. The van der Waals surface area contributed by atoms with E-state index in [0.29, 0.717) is 5.92 Å². The van der Waals surface area contributed by atoms with E-state index in [9.17, 15) is 0 Å². The number of para-hydroxylation sites is 1. The fourth-order valence-electron chi connectivity index (χ4n) is 3.85. The first-order valence-electron chi connectivity index (χ1n) is 8.42. The lowest BCUT2D eigenvalue weighted by molar-refractivity contribution is 0.402. The predicted molar refractivity (Wildman–Crippen MR) is 88.2 cm³/mol. The van der Waals surface area contributed by atoms with Crippen molar-refractivity contribution in [2.45, 2.75) is 58.5 Å². The van der Waals surface area contributed by atoms with E-state index in [2.05, 4.69) is 42.8 Å². The van der Waals surface area contributed by atoms with Crippen LogP contribution in [-0.4, -0.2) is 15.8 Å². The number of rotatable bonds is 5. The molecule has 21 heavy (non-hydrogen) atoms. The van der Waals surface area contributed by atoms with Crippen molar-refractivity contribution in [3.63, 3.8) is 0 Å². The van der Waals surface area contributed by atoms with Gasteiger partial charge in [0, 0.05) is 24.4 Å². The summed E-state index contributed by atoms with van der Waals surface area (Å²) in [5.74, 6) is 1.58. The van der Waals surface area contributed by atoms with Gasteiger partial charge in [-0.05, 0) is 37.7 Å². The zero-order valence-corrected chi connectivity index (χ0v) is 13.3. The molecule has 1 aromatic carbocycles. The zero-order valence-electron chi connectivity index (χ0n) is 13.3. The minimum atomic E-state index is 0.255. The Hall–Kier alpha value is -1.35. The second kappa shape index (κ2) is 6.18. The van der Waals surface area contributed by atoms with Gasteiger partial charge in [0.05, 0.1) is 11.2 Å². The first-order valence-corrected chi connectivity index (χ1v) is 8.42. The van der Waals surface area contributed by atoms with Crippen LogP contribution in [0.1, 0.15) is 45.2 Å². The van der Waals surface area contributed by atoms with Crippen LogP contribution in [0.25, 0.3) is 10.9 Å². The number of benzene rings is 1. The molecule has 3 atom stereocenters. The molecule has 0 saturated heterocycles. The predicted octanol–water partition coefficient (Wildman–Crippen LogP) is 3.75. The maximum Gasteiger partial charge on any atom is 0.0718 e. The second-order valence-corrected chi connectivity index (χ2v) is 6.49. The molecule has 0 aliphatic heterocycles. The van der Waals surface area contributed by atoms with Crippen molar-refractivity contribution >= 4 is 10.9 Å². The average molecular weight is 285 g/mol. The van der Waals surface area contributed by atoms with Gasteiger partial charge in [0.25, 0.3) is 0 Å². The van der Waals surface area contributed by atoms with Crippen molar-refractivity contribution < 1.29 is 0 Å². The number of aryl methyl sites for hydroxylation is 1. The van der Waals surface area contributed by atoms with E-state index in [1.807, 2.05) is 0 Å². The van der Waals surface area contributed by atoms with E-state index in [-0.39, 0.29) is 6.04 Å².